The first-order chi connectivity index (χ1) is 4.57. The van der Waals surface area contributed by atoms with Crippen LogP contribution in [0.2, 0.25) is 0 Å². The third kappa shape index (κ3) is 3.35. The Morgan fingerprint density at radius 3 is 2.30 bits per heavy atom. The van der Waals surface area contributed by atoms with E-state index in [1.165, 1.54) is 0 Å². The fourth-order valence-electron chi connectivity index (χ4n) is 0.327. The monoisotopic (exact) mass is 156 g/mol. The van der Waals surface area contributed by atoms with Gasteiger partial charge in [-0.2, -0.15) is 0 Å². The average Bonchev–Trinajstić information content (AvgIpc) is 1.87. The molecule has 0 bridgehead atoms. The molecule has 0 aromatic rings. The first kappa shape index (κ1) is 9.30. The molecule has 56 valence electrons. The number of thiocarbonyl (C=S) groups is 1. The Hall–Kier alpha value is -0.700. The van der Waals surface area contributed by atoms with Gasteiger partial charge in [0, 0.05) is 7.05 Å². The van der Waals surface area contributed by atoms with E-state index in [2.05, 4.69) is 16.9 Å². The van der Waals surface area contributed by atoms with Crippen LogP contribution in [0.4, 0.5) is 0 Å². The van der Waals surface area contributed by atoms with Crippen molar-refractivity contribution in [2.75, 3.05) is 7.05 Å². The van der Waals surface area contributed by atoms with Gasteiger partial charge in [0.05, 0.1) is 5.84 Å². The van der Waals surface area contributed by atoms with Crippen LogP contribution in [0.15, 0.2) is 17.1 Å². The molecule has 0 atom stereocenters. The van der Waals surface area contributed by atoms with Gasteiger partial charge < -0.3 is 5.32 Å². The van der Waals surface area contributed by atoms with Crippen LogP contribution in [0.3, 0.4) is 0 Å². The summed E-state index contributed by atoms with van der Waals surface area (Å²) in [6, 6.07) is 0. The van der Waals surface area contributed by atoms with E-state index in [1.807, 2.05) is 13.8 Å². The molecule has 0 aromatic carbocycles. The molecule has 1 N–H and O–H groups in total. The predicted octanol–water partition coefficient (Wildman–Crippen LogP) is 1.53. The molecule has 0 aliphatic heterocycles. The van der Waals surface area contributed by atoms with Crippen molar-refractivity contribution in [3.63, 3.8) is 0 Å². The minimum Gasteiger partial charge on any atom is -0.335 e. The van der Waals surface area contributed by atoms with Crippen LogP contribution in [-0.4, -0.2) is 17.9 Å². The van der Waals surface area contributed by atoms with E-state index < -0.39 is 0 Å². The van der Waals surface area contributed by atoms with Crippen molar-refractivity contribution in [3.8, 4) is 0 Å². The van der Waals surface area contributed by atoms with Gasteiger partial charge in [-0.25, -0.2) is 0 Å². The quantitative estimate of drug-likeness (QED) is 0.269. The summed E-state index contributed by atoms with van der Waals surface area (Å²) < 4.78 is 0. The van der Waals surface area contributed by atoms with E-state index in [9.17, 15) is 0 Å². The molecule has 0 spiro atoms. The van der Waals surface area contributed by atoms with Crippen LogP contribution in [0.5, 0.6) is 0 Å². The molecule has 0 aliphatic rings. The number of nitrogens with zero attached hydrogens (tertiary/aromatic N) is 1. The molecule has 0 aromatic heterocycles. The summed E-state index contributed by atoms with van der Waals surface area (Å²) in [6.07, 6.45) is 0. The van der Waals surface area contributed by atoms with Gasteiger partial charge in [-0.1, -0.05) is 18.8 Å². The zero-order valence-electron chi connectivity index (χ0n) is 6.56. The summed E-state index contributed by atoms with van der Waals surface area (Å²) in [5.74, 6) is 0.813. The molecule has 0 aliphatic carbocycles. The van der Waals surface area contributed by atoms with Gasteiger partial charge in [0.1, 0.15) is 4.99 Å². The fraction of sp³-hybridized carbons (Fsp3) is 0.429. The van der Waals surface area contributed by atoms with E-state index in [0.29, 0.717) is 4.99 Å². The molecule has 3 heteroatoms. The van der Waals surface area contributed by atoms with Crippen molar-refractivity contribution >= 4 is 23.0 Å². The lowest BCUT2D eigenvalue weighted by atomic mass is 10.3. The molecule has 0 saturated heterocycles. The Kier molecular flexibility index (Phi) is 3.88. The van der Waals surface area contributed by atoms with Crippen LogP contribution in [-0.2, 0) is 0 Å². The van der Waals surface area contributed by atoms with E-state index in [1.54, 1.807) is 7.05 Å². The molecular weight excluding hydrogens is 144 g/mol. The molecule has 0 radical (unpaired) electrons. The smallest absolute Gasteiger partial charge is 0.106 e. The largest absolute Gasteiger partial charge is 0.335 e. The van der Waals surface area contributed by atoms with E-state index in [0.717, 1.165) is 11.4 Å². The second kappa shape index (κ2) is 4.17. The zero-order valence-corrected chi connectivity index (χ0v) is 7.38. The molecule has 0 saturated carbocycles. The molecule has 2 nitrogen and oxygen atoms in total. The fourth-order valence-corrected chi connectivity index (χ4v) is 0.475. The van der Waals surface area contributed by atoms with Gasteiger partial charge in [-0.15, -0.1) is 0 Å². The highest BCUT2D eigenvalue weighted by molar-refractivity contribution is 7.80. The number of rotatable bonds is 1. The topological polar surface area (TPSA) is 24.4 Å². The van der Waals surface area contributed by atoms with Gasteiger partial charge in [0.25, 0.3) is 0 Å². The Labute approximate surface area is 67.0 Å². The zero-order chi connectivity index (χ0) is 8.15. The predicted molar refractivity (Wildman–Crippen MR) is 49.6 cm³/mol. The van der Waals surface area contributed by atoms with Crippen molar-refractivity contribution in [3.05, 3.63) is 12.2 Å². The number of aliphatic imine (C=N–C) groups is 1. The lowest BCUT2D eigenvalue weighted by Gasteiger charge is -2.04. The highest BCUT2D eigenvalue weighted by Crippen LogP contribution is 1.88. The minimum absolute atomic E-state index is 0.656. The highest BCUT2D eigenvalue weighted by atomic mass is 32.1. The Bertz CT molecular complexity index is 182. The number of amidine groups is 1. The van der Waals surface area contributed by atoms with Crippen LogP contribution in [0.25, 0.3) is 0 Å². The van der Waals surface area contributed by atoms with Crippen LogP contribution in [0.1, 0.15) is 13.8 Å². The van der Waals surface area contributed by atoms with E-state index in [-0.39, 0.29) is 0 Å². The second-order valence-electron chi connectivity index (χ2n) is 2.04. The maximum Gasteiger partial charge on any atom is 0.106 e. The molecular formula is C7H12N2S. The van der Waals surface area contributed by atoms with E-state index in [4.69, 9.17) is 12.2 Å². The third-order valence-electron chi connectivity index (χ3n) is 1.02. The van der Waals surface area contributed by atoms with Gasteiger partial charge in [0.2, 0.25) is 0 Å². The molecule has 0 rings (SSSR count). The highest BCUT2D eigenvalue weighted by Gasteiger charge is 1.95. The van der Waals surface area contributed by atoms with Crippen LogP contribution < -0.4 is 5.32 Å². The Morgan fingerprint density at radius 1 is 1.50 bits per heavy atom. The summed E-state index contributed by atoms with van der Waals surface area (Å²) in [6.45, 7) is 7.40. The maximum absolute atomic E-state index is 4.93. The molecule has 10 heavy (non-hydrogen) atoms. The van der Waals surface area contributed by atoms with Crippen LogP contribution in [0, 0.1) is 0 Å². The standard InChI is InChI=1S/C7H12N2S/c1-5(2)7(10)9-6(3)8-4/h1H2,2-4H3,(H,8,9,10). The van der Waals surface area contributed by atoms with E-state index >= 15 is 0 Å². The van der Waals surface area contributed by atoms with Gasteiger partial charge in [-0.05, 0) is 19.4 Å². The molecule has 0 amide bonds. The van der Waals surface area contributed by atoms with Gasteiger partial charge in [-0.3, -0.25) is 4.99 Å². The maximum atomic E-state index is 4.93. The normalized spacial score (nSPS) is 10.9. The first-order valence-corrected chi connectivity index (χ1v) is 3.39. The minimum atomic E-state index is 0.656. The van der Waals surface area contributed by atoms with Crippen molar-refractivity contribution < 1.29 is 0 Å². The lowest BCUT2D eigenvalue weighted by molar-refractivity contribution is 1.28. The average molecular weight is 156 g/mol. The third-order valence-corrected chi connectivity index (χ3v) is 1.47. The molecule has 0 fully saturated rings. The summed E-state index contributed by atoms with van der Waals surface area (Å²) >= 11 is 4.93. The summed E-state index contributed by atoms with van der Waals surface area (Å²) in [7, 11) is 1.71. The Balaban J connectivity index is 3.93. The van der Waals surface area contributed by atoms with Crippen molar-refractivity contribution in [2.24, 2.45) is 4.99 Å². The van der Waals surface area contributed by atoms with Gasteiger partial charge >= 0.3 is 0 Å². The van der Waals surface area contributed by atoms with Crippen LogP contribution >= 0.6 is 12.2 Å². The van der Waals surface area contributed by atoms with Crippen molar-refractivity contribution in [1.29, 1.82) is 0 Å². The summed E-state index contributed by atoms with van der Waals surface area (Å²) in [5.41, 5.74) is 0.859. The number of hydrogen-bond acceptors (Lipinski definition) is 2. The number of hydrogen-bond donors (Lipinski definition) is 1. The summed E-state index contributed by atoms with van der Waals surface area (Å²) in [5, 5.41) is 2.91. The SMILES string of the molecule is C=C(C)C(=S)NC(C)=NC. The molecule has 0 unspecified atom stereocenters. The van der Waals surface area contributed by atoms with Crippen molar-refractivity contribution in [1.82, 2.24) is 5.32 Å². The van der Waals surface area contributed by atoms with Crippen molar-refractivity contribution in [2.45, 2.75) is 13.8 Å². The second-order valence-corrected chi connectivity index (χ2v) is 2.45. The number of nitrogens with one attached hydrogen (secondary N) is 1. The first-order valence-electron chi connectivity index (χ1n) is 2.98. The van der Waals surface area contributed by atoms with Gasteiger partial charge in [0.15, 0.2) is 0 Å². The summed E-state index contributed by atoms with van der Waals surface area (Å²) in [4.78, 5) is 4.54. The molecule has 0 heterocycles. The Morgan fingerprint density at radius 2 is 2.00 bits per heavy atom. The lowest BCUT2D eigenvalue weighted by Crippen LogP contribution is -2.26.